The fourth-order valence-corrected chi connectivity index (χ4v) is 9.52. The first-order chi connectivity index (χ1) is 14.6. The molecular weight excluding hydrogens is 360 g/mol. The van der Waals surface area contributed by atoms with Gasteiger partial charge in [-0.3, -0.25) is 0 Å². The predicted molar refractivity (Wildman–Crippen MR) is 122 cm³/mol. The minimum absolute atomic E-state index is 0.270. The van der Waals surface area contributed by atoms with Gasteiger partial charge in [-0.2, -0.15) is 0 Å². The van der Waals surface area contributed by atoms with Gasteiger partial charge in [0.15, 0.2) is 0 Å². The molecule has 148 valence electrons. The lowest BCUT2D eigenvalue weighted by Gasteiger charge is -2.66. The summed E-state index contributed by atoms with van der Waals surface area (Å²) in [6.45, 7) is 9.67. The van der Waals surface area contributed by atoms with E-state index >= 15 is 0 Å². The third-order valence-corrected chi connectivity index (χ3v) is 10.4. The Morgan fingerprint density at radius 3 is 1.97 bits per heavy atom. The van der Waals surface area contributed by atoms with Crippen molar-refractivity contribution < 1.29 is 0 Å². The maximum Gasteiger partial charge on any atom is 0.0173 e. The van der Waals surface area contributed by atoms with Crippen molar-refractivity contribution in [2.75, 3.05) is 0 Å². The highest BCUT2D eigenvalue weighted by atomic mass is 14.7. The zero-order valence-corrected chi connectivity index (χ0v) is 18.3. The van der Waals surface area contributed by atoms with Crippen LogP contribution < -0.4 is 0 Å². The van der Waals surface area contributed by atoms with Gasteiger partial charge in [0.2, 0.25) is 0 Å². The highest BCUT2D eigenvalue weighted by molar-refractivity contribution is 5.72. The Kier molecular flexibility index (Phi) is 2.60. The van der Waals surface area contributed by atoms with Crippen LogP contribution in [0, 0.1) is 40.9 Å². The van der Waals surface area contributed by atoms with Gasteiger partial charge in [0.1, 0.15) is 0 Å². The lowest BCUT2D eigenvalue weighted by Crippen LogP contribution is -2.61. The van der Waals surface area contributed by atoms with Crippen LogP contribution in [0.2, 0.25) is 0 Å². The van der Waals surface area contributed by atoms with E-state index in [1.807, 2.05) is 0 Å². The molecule has 7 unspecified atom stereocenters. The van der Waals surface area contributed by atoms with Crippen molar-refractivity contribution in [1.82, 2.24) is 0 Å². The average molecular weight is 389 g/mol. The molecule has 0 bridgehead atoms. The maximum absolute atomic E-state index is 2.58. The van der Waals surface area contributed by atoms with Crippen molar-refractivity contribution in [3.63, 3.8) is 0 Å². The van der Waals surface area contributed by atoms with Gasteiger partial charge in [0.25, 0.3) is 0 Å². The highest BCUT2D eigenvalue weighted by Crippen LogP contribution is 2.78. The predicted octanol–water partition coefficient (Wildman–Crippen LogP) is 6.96. The first-order valence-corrected chi connectivity index (χ1v) is 11.9. The van der Waals surface area contributed by atoms with Gasteiger partial charge in [-0.05, 0) is 71.8 Å². The van der Waals surface area contributed by atoms with Crippen molar-refractivity contribution in [2.24, 2.45) is 40.9 Å². The summed E-state index contributed by atoms with van der Waals surface area (Å²) in [6, 6.07) is 0. The van der Waals surface area contributed by atoms with E-state index in [1.54, 1.807) is 55.7 Å². The molecule has 0 radical (unpaired) electrons. The van der Waals surface area contributed by atoms with Gasteiger partial charge in [-0.15, -0.1) is 0 Å². The van der Waals surface area contributed by atoms with E-state index in [0.717, 1.165) is 6.42 Å². The quantitative estimate of drug-likeness (QED) is 0.456. The van der Waals surface area contributed by atoms with Crippen molar-refractivity contribution in [1.29, 1.82) is 0 Å². The van der Waals surface area contributed by atoms with E-state index in [1.165, 1.54) is 0 Å². The van der Waals surface area contributed by atoms with E-state index in [2.05, 4.69) is 76.3 Å². The summed E-state index contributed by atoms with van der Waals surface area (Å²) in [5.74, 6) is 3.60. The Labute approximate surface area is 179 Å². The molecule has 8 aliphatic rings. The maximum atomic E-state index is 2.58. The molecule has 0 heterocycles. The van der Waals surface area contributed by atoms with Crippen LogP contribution in [-0.4, -0.2) is 0 Å². The Bertz CT molecular complexity index is 1270. The van der Waals surface area contributed by atoms with Gasteiger partial charge in [0, 0.05) is 40.9 Å². The first kappa shape index (κ1) is 16.4. The summed E-state index contributed by atoms with van der Waals surface area (Å²) in [6.07, 6.45) is 21.4. The second-order valence-electron chi connectivity index (χ2n) is 10.8. The van der Waals surface area contributed by atoms with Gasteiger partial charge in [-0.25, -0.2) is 0 Å². The summed E-state index contributed by atoms with van der Waals surface area (Å²) in [7, 11) is 0. The molecule has 0 aromatic rings. The molecule has 1 spiro atoms. The third-order valence-electron chi connectivity index (χ3n) is 10.4. The van der Waals surface area contributed by atoms with E-state index < -0.39 is 0 Å². The number of hydrogen-bond donors (Lipinski definition) is 0. The SMILES string of the molecule is CCC1=C2C=CC3C(C)=C4C=CC5=C(C)C6C=CC7=C(C)C8=CC=C1C8C(C54)(C76)C23. The molecule has 0 heteroatoms. The monoisotopic (exact) mass is 388 g/mol. The van der Waals surface area contributed by atoms with Crippen LogP contribution >= 0.6 is 0 Å². The molecule has 7 atom stereocenters. The summed E-state index contributed by atoms with van der Waals surface area (Å²) in [5.41, 5.74) is 16.8. The molecule has 0 aliphatic heterocycles. The Morgan fingerprint density at radius 2 is 1.30 bits per heavy atom. The highest BCUT2D eigenvalue weighted by Gasteiger charge is 2.71. The standard InChI is InChI=1S/C30H28/c1-5-17-24-12-10-22-15(3)20-8-6-18-14(2)19-7-9-21-16(4)23-11-13-25(17)29(23)30(26(18)20,27(19)21)28(22)24/h6-13,18,23,26-29H,5H2,1-4H3. The second kappa shape index (κ2) is 4.77. The molecule has 0 nitrogen and oxygen atoms in total. The van der Waals surface area contributed by atoms with Crippen LogP contribution in [0.15, 0.2) is 104 Å². The minimum Gasteiger partial charge on any atom is -0.0764 e. The topological polar surface area (TPSA) is 0 Å². The van der Waals surface area contributed by atoms with E-state index in [4.69, 9.17) is 0 Å². The molecule has 0 saturated carbocycles. The number of hydrogen-bond acceptors (Lipinski definition) is 0. The van der Waals surface area contributed by atoms with E-state index in [9.17, 15) is 0 Å². The zero-order chi connectivity index (χ0) is 20.1. The van der Waals surface area contributed by atoms with Gasteiger partial charge >= 0.3 is 0 Å². The summed E-state index contributed by atoms with van der Waals surface area (Å²) < 4.78 is 0. The van der Waals surface area contributed by atoms with Crippen LogP contribution in [0.3, 0.4) is 0 Å². The normalized spacial score (nSPS) is 45.1. The van der Waals surface area contributed by atoms with Crippen LogP contribution in [-0.2, 0) is 0 Å². The number of allylic oxidation sites excluding steroid dienone is 18. The van der Waals surface area contributed by atoms with Gasteiger partial charge < -0.3 is 0 Å². The molecule has 0 aromatic heterocycles. The van der Waals surface area contributed by atoms with Gasteiger partial charge in [-0.1, -0.05) is 66.7 Å². The van der Waals surface area contributed by atoms with Crippen molar-refractivity contribution in [3.05, 3.63) is 104 Å². The molecule has 0 fully saturated rings. The lowest BCUT2D eigenvalue weighted by molar-refractivity contribution is -0.0165. The smallest absolute Gasteiger partial charge is 0.0173 e. The fraction of sp³-hybridized carbons (Fsp3) is 0.400. The van der Waals surface area contributed by atoms with Crippen molar-refractivity contribution >= 4 is 0 Å². The van der Waals surface area contributed by atoms with Crippen LogP contribution in [0.1, 0.15) is 34.1 Å². The minimum atomic E-state index is 0.270. The first-order valence-electron chi connectivity index (χ1n) is 11.9. The second-order valence-corrected chi connectivity index (χ2v) is 10.8. The zero-order valence-electron chi connectivity index (χ0n) is 18.3. The van der Waals surface area contributed by atoms with Crippen LogP contribution in [0.5, 0.6) is 0 Å². The summed E-state index contributed by atoms with van der Waals surface area (Å²) in [4.78, 5) is 0. The fourth-order valence-electron chi connectivity index (χ4n) is 9.52. The molecule has 0 N–H and O–H groups in total. The summed E-state index contributed by atoms with van der Waals surface area (Å²) in [5, 5.41) is 0. The Balaban J connectivity index is 1.58. The average Bonchev–Trinajstić information content (AvgIpc) is 3.53. The lowest BCUT2D eigenvalue weighted by atomic mass is 9.36. The molecule has 0 aromatic carbocycles. The third kappa shape index (κ3) is 1.35. The van der Waals surface area contributed by atoms with Crippen LogP contribution in [0.25, 0.3) is 0 Å². The van der Waals surface area contributed by atoms with Crippen molar-refractivity contribution in [3.8, 4) is 0 Å². The van der Waals surface area contributed by atoms with Crippen LogP contribution in [0.4, 0.5) is 0 Å². The Hall–Kier alpha value is -2.34. The molecule has 0 saturated heterocycles. The summed E-state index contributed by atoms with van der Waals surface area (Å²) >= 11 is 0. The van der Waals surface area contributed by atoms with Gasteiger partial charge in [0.05, 0.1) is 0 Å². The van der Waals surface area contributed by atoms with Crippen molar-refractivity contribution in [2.45, 2.75) is 34.1 Å². The number of rotatable bonds is 1. The molecule has 8 aliphatic carbocycles. The largest absolute Gasteiger partial charge is 0.0764 e. The van der Waals surface area contributed by atoms with E-state index in [-0.39, 0.29) is 5.41 Å². The molecule has 0 amide bonds. The Morgan fingerprint density at radius 1 is 0.700 bits per heavy atom. The molecule has 8 rings (SSSR count). The van der Waals surface area contributed by atoms with E-state index in [0.29, 0.717) is 35.5 Å². The molecule has 30 heavy (non-hydrogen) atoms. The molecular formula is C30H28.